The van der Waals surface area contributed by atoms with Gasteiger partial charge in [0.15, 0.2) is 17.5 Å². The smallest absolute Gasteiger partial charge is 0.164 e. The average Bonchev–Trinajstić information content (AvgIpc) is 3.08. The summed E-state index contributed by atoms with van der Waals surface area (Å²) in [7, 11) is 0. The number of benzene rings is 6. The molecule has 0 amide bonds. The fourth-order valence-corrected chi connectivity index (χ4v) is 5.98. The highest BCUT2D eigenvalue weighted by molar-refractivity contribution is 5.89. The minimum Gasteiger partial charge on any atom is -0.260 e. The molecule has 4 heteroatoms. The van der Waals surface area contributed by atoms with E-state index in [-0.39, 0.29) is 0 Å². The van der Waals surface area contributed by atoms with Crippen LogP contribution in [0.15, 0.2) is 132 Å². The highest BCUT2D eigenvalue weighted by Gasteiger charge is 2.18. The first kappa shape index (κ1) is 25.2. The number of nitrogens with zero attached hydrogens (tertiary/aromatic N) is 4. The Labute approximate surface area is 250 Å². The van der Waals surface area contributed by atoms with Gasteiger partial charge in [0, 0.05) is 28.5 Å². The van der Waals surface area contributed by atoms with Crippen LogP contribution in [-0.4, -0.2) is 21.2 Å². The molecule has 0 N–H and O–H groups in total. The lowest BCUT2D eigenvalue weighted by Crippen LogP contribution is -2.01. The van der Waals surface area contributed by atoms with Gasteiger partial charge in [0.2, 0.25) is 0 Å². The zero-order valence-electron chi connectivity index (χ0n) is 23.8. The molecule has 0 aliphatic carbocycles. The fraction of sp³-hybridized carbons (Fsp3) is 0.0769. The fourth-order valence-electron chi connectivity index (χ4n) is 5.98. The van der Waals surface area contributed by atoms with Crippen molar-refractivity contribution in [2.24, 2.45) is 4.99 Å². The quantitative estimate of drug-likeness (QED) is 0.218. The van der Waals surface area contributed by atoms with Crippen molar-refractivity contribution < 1.29 is 0 Å². The summed E-state index contributed by atoms with van der Waals surface area (Å²) in [5, 5.41) is 4.68. The third-order valence-electron chi connectivity index (χ3n) is 8.38. The van der Waals surface area contributed by atoms with Crippen molar-refractivity contribution in [3.8, 4) is 45.3 Å². The molecule has 0 bridgehead atoms. The van der Waals surface area contributed by atoms with Gasteiger partial charge in [-0.05, 0) is 57.1 Å². The molecule has 1 aromatic heterocycles. The Morgan fingerprint density at radius 1 is 0.488 bits per heavy atom. The standard InChI is InChI=1S/C39H28N4/c1-25-21-22-40-36-34(25)11-6-12-35(36)28-15-17-29(18-16-28)37-41-38(32-19-13-26-7-2-4-9-30(26)23-32)43-39(42-37)33-20-14-27-8-3-5-10-31(27)24-33/h2-20,22-25H,21H2,1H3. The van der Waals surface area contributed by atoms with Gasteiger partial charge in [-0.2, -0.15) is 0 Å². The maximum atomic E-state index is 5.01. The van der Waals surface area contributed by atoms with Crippen LogP contribution in [0.1, 0.15) is 24.8 Å². The lowest BCUT2D eigenvalue weighted by atomic mass is 9.90. The molecule has 1 aliphatic heterocycles. The zero-order chi connectivity index (χ0) is 28.8. The minimum atomic E-state index is 0.471. The SMILES string of the molecule is CC1CC=Nc2c(-c3ccc(-c4nc(-c5ccc6ccccc6c5)nc(-c5ccc6ccccc6c5)n4)cc3)cccc21. The van der Waals surface area contributed by atoms with E-state index in [2.05, 4.69) is 134 Å². The van der Waals surface area contributed by atoms with E-state index in [1.165, 1.54) is 16.3 Å². The van der Waals surface area contributed by atoms with Crippen molar-refractivity contribution >= 4 is 33.4 Å². The summed E-state index contributed by atoms with van der Waals surface area (Å²) in [6, 6.07) is 44.5. The van der Waals surface area contributed by atoms with Gasteiger partial charge in [-0.15, -0.1) is 0 Å². The first-order chi connectivity index (χ1) is 21.2. The molecular weight excluding hydrogens is 524 g/mol. The van der Waals surface area contributed by atoms with E-state index in [4.69, 9.17) is 19.9 Å². The predicted molar refractivity (Wildman–Crippen MR) is 178 cm³/mol. The lowest BCUT2D eigenvalue weighted by molar-refractivity contribution is 0.802. The normalized spacial score (nSPS) is 14.2. The van der Waals surface area contributed by atoms with Gasteiger partial charge >= 0.3 is 0 Å². The minimum absolute atomic E-state index is 0.471. The lowest BCUT2D eigenvalue weighted by Gasteiger charge is -2.19. The second kappa shape index (κ2) is 10.4. The molecule has 4 nitrogen and oxygen atoms in total. The molecule has 0 radical (unpaired) electrons. The number of aromatic nitrogens is 3. The number of hydrogen-bond donors (Lipinski definition) is 0. The van der Waals surface area contributed by atoms with Gasteiger partial charge in [-0.25, -0.2) is 15.0 Å². The summed E-state index contributed by atoms with van der Waals surface area (Å²) in [5.41, 5.74) is 7.53. The molecule has 0 spiro atoms. The molecule has 0 fully saturated rings. The molecule has 0 saturated carbocycles. The van der Waals surface area contributed by atoms with Crippen LogP contribution >= 0.6 is 0 Å². The van der Waals surface area contributed by atoms with Gasteiger partial charge in [0.25, 0.3) is 0 Å². The summed E-state index contributed by atoms with van der Waals surface area (Å²) >= 11 is 0. The summed E-state index contributed by atoms with van der Waals surface area (Å²) in [6.45, 7) is 2.26. The molecule has 1 atom stereocenters. The number of para-hydroxylation sites is 1. The molecule has 204 valence electrons. The summed E-state index contributed by atoms with van der Waals surface area (Å²) in [5.74, 6) is 2.43. The number of fused-ring (bicyclic) bond motifs is 3. The van der Waals surface area contributed by atoms with Crippen LogP contribution in [0.4, 0.5) is 5.69 Å². The Morgan fingerprint density at radius 2 is 1.00 bits per heavy atom. The molecule has 1 unspecified atom stereocenters. The summed E-state index contributed by atoms with van der Waals surface area (Å²) in [4.78, 5) is 19.8. The second-order valence-electron chi connectivity index (χ2n) is 11.2. The van der Waals surface area contributed by atoms with Crippen molar-refractivity contribution in [2.45, 2.75) is 19.3 Å². The topological polar surface area (TPSA) is 51.0 Å². The van der Waals surface area contributed by atoms with Crippen LogP contribution in [0.2, 0.25) is 0 Å². The maximum Gasteiger partial charge on any atom is 0.164 e. The third-order valence-corrected chi connectivity index (χ3v) is 8.38. The van der Waals surface area contributed by atoms with Crippen LogP contribution in [-0.2, 0) is 0 Å². The van der Waals surface area contributed by atoms with Crippen molar-refractivity contribution in [2.75, 3.05) is 0 Å². The van der Waals surface area contributed by atoms with Crippen LogP contribution in [0.5, 0.6) is 0 Å². The van der Waals surface area contributed by atoms with E-state index >= 15 is 0 Å². The Bertz CT molecular complexity index is 2080. The molecule has 1 aliphatic rings. The molecule has 2 heterocycles. The Morgan fingerprint density at radius 3 is 1.60 bits per heavy atom. The Balaban J connectivity index is 1.25. The summed E-state index contributed by atoms with van der Waals surface area (Å²) < 4.78 is 0. The van der Waals surface area contributed by atoms with Crippen LogP contribution in [0.3, 0.4) is 0 Å². The van der Waals surface area contributed by atoms with Gasteiger partial charge in [-0.3, -0.25) is 4.99 Å². The van der Waals surface area contributed by atoms with Crippen LogP contribution < -0.4 is 0 Å². The first-order valence-electron chi connectivity index (χ1n) is 14.7. The molecule has 7 aromatic rings. The van der Waals surface area contributed by atoms with Crippen molar-refractivity contribution in [1.82, 2.24) is 15.0 Å². The molecular formula is C39H28N4. The number of hydrogen-bond acceptors (Lipinski definition) is 4. The molecule has 0 saturated heterocycles. The van der Waals surface area contributed by atoms with E-state index in [1.807, 2.05) is 6.21 Å². The molecule has 6 aromatic carbocycles. The molecule has 8 rings (SSSR count). The van der Waals surface area contributed by atoms with Crippen molar-refractivity contribution in [3.05, 3.63) is 133 Å². The first-order valence-corrected chi connectivity index (χ1v) is 14.7. The zero-order valence-corrected chi connectivity index (χ0v) is 23.8. The third kappa shape index (κ3) is 4.67. The van der Waals surface area contributed by atoms with Crippen LogP contribution in [0.25, 0.3) is 66.8 Å². The van der Waals surface area contributed by atoms with Gasteiger partial charge in [0.05, 0.1) is 5.69 Å². The van der Waals surface area contributed by atoms with E-state index in [0.29, 0.717) is 23.4 Å². The predicted octanol–water partition coefficient (Wildman–Crippen LogP) is 10.1. The Kier molecular flexibility index (Phi) is 6.11. The van der Waals surface area contributed by atoms with Gasteiger partial charge < -0.3 is 0 Å². The Hall–Kier alpha value is -5.48. The van der Waals surface area contributed by atoms with Crippen molar-refractivity contribution in [3.63, 3.8) is 0 Å². The van der Waals surface area contributed by atoms with E-state index in [9.17, 15) is 0 Å². The number of aliphatic imine (C=N–C) groups is 1. The van der Waals surface area contributed by atoms with E-state index < -0.39 is 0 Å². The number of rotatable bonds is 4. The maximum absolute atomic E-state index is 5.01. The highest BCUT2D eigenvalue weighted by Crippen LogP contribution is 2.40. The average molecular weight is 553 g/mol. The molecule has 43 heavy (non-hydrogen) atoms. The summed E-state index contributed by atoms with van der Waals surface area (Å²) in [6.07, 6.45) is 3.02. The monoisotopic (exact) mass is 552 g/mol. The highest BCUT2D eigenvalue weighted by atomic mass is 15.0. The second-order valence-corrected chi connectivity index (χ2v) is 11.2. The van der Waals surface area contributed by atoms with E-state index in [1.54, 1.807) is 0 Å². The largest absolute Gasteiger partial charge is 0.260 e. The van der Waals surface area contributed by atoms with E-state index in [0.717, 1.165) is 50.7 Å². The van der Waals surface area contributed by atoms with Gasteiger partial charge in [0.1, 0.15) is 0 Å². The van der Waals surface area contributed by atoms with Gasteiger partial charge in [-0.1, -0.05) is 122 Å². The van der Waals surface area contributed by atoms with Crippen LogP contribution in [0, 0.1) is 0 Å². The van der Waals surface area contributed by atoms with Crippen molar-refractivity contribution in [1.29, 1.82) is 0 Å².